The minimum absolute atomic E-state index is 0.162. The third kappa shape index (κ3) is 3.76. The second-order valence-electron chi connectivity index (χ2n) is 5.63. The van der Waals surface area contributed by atoms with Crippen LogP contribution in [0.1, 0.15) is 24.5 Å². The zero-order valence-electron chi connectivity index (χ0n) is 13.8. The quantitative estimate of drug-likeness (QED) is 0.634. The number of hydrogen-bond acceptors (Lipinski definition) is 7. The molecule has 25 heavy (non-hydrogen) atoms. The first-order valence-corrected chi connectivity index (χ1v) is 8.12. The molecule has 1 aliphatic heterocycles. The Balaban J connectivity index is 1.85. The monoisotopic (exact) mass is 362 g/mol. The second-order valence-corrected chi connectivity index (χ2v) is 6.01. The van der Waals surface area contributed by atoms with Gasteiger partial charge in [-0.2, -0.15) is 0 Å². The second kappa shape index (κ2) is 6.99. The number of halogens is 1. The Kier molecular flexibility index (Phi) is 4.94. The molecule has 1 aliphatic rings. The molecule has 0 fully saturated rings. The number of aromatic nitrogens is 2. The average Bonchev–Trinajstić information content (AvgIpc) is 2.87. The lowest BCUT2D eigenvalue weighted by Crippen LogP contribution is -2.31. The van der Waals surface area contributed by atoms with Gasteiger partial charge in [0.2, 0.25) is 5.88 Å². The molecule has 2 heterocycles. The van der Waals surface area contributed by atoms with Crippen LogP contribution in [0.2, 0.25) is 5.15 Å². The smallest absolute Gasteiger partial charge is 0.313 e. The van der Waals surface area contributed by atoms with E-state index < -0.39 is 11.8 Å². The van der Waals surface area contributed by atoms with Gasteiger partial charge >= 0.3 is 13.5 Å². The van der Waals surface area contributed by atoms with Crippen molar-refractivity contribution in [3.63, 3.8) is 0 Å². The van der Waals surface area contributed by atoms with E-state index >= 15 is 0 Å². The molecule has 1 aromatic heterocycles. The van der Waals surface area contributed by atoms with Crippen LogP contribution in [0.25, 0.3) is 0 Å². The first kappa shape index (κ1) is 17.7. The molecule has 0 bridgehead atoms. The maximum atomic E-state index is 11.7. The van der Waals surface area contributed by atoms with Crippen LogP contribution >= 0.6 is 11.6 Å². The lowest BCUT2D eigenvalue weighted by molar-refractivity contribution is -0.174. The van der Waals surface area contributed by atoms with Crippen molar-refractivity contribution >= 4 is 30.5 Å². The van der Waals surface area contributed by atoms with E-state index in [1.807, 2.05) is 6.92 Å². The first-order chi connectivity index (χ1) is 11.9. The number of hydrogen-bond donors (Lipinski definition) is 1. The van der Waals surface area contributed by atoms with Gasteiger partial charge in [0.15, 0.2) is 10.9 Å². The van der Waals surface area contributed by atoms with Crippen LogP contribution in [-0.2, 0) is 20.0 Å². The van der Waals surface area contributed by atoms with E-state index in [0.29, 0.717) is 17.2 Å². The standard InChI is InChI=1S/C16H16BClN2O5/c1-3-23-14(21)8-16(22)15-9(2)6-10(7-11(15)17-25-16)24-13-5-4-12(18)19-20-13/h4-7,17,22H,3,8H2,1-2H3. The number of aryl methyl sites for hydroxylation is 1. The van der Waals surface area contributed by atoms with Gasteiger partial charge < -0.3 is 19.2 Å². The molecule has 0 aliphatic carbocycles. The molecule has 0 saturated heterocycles. The summed E-state index contributed by atoms with van der Waals surface area (Å²) in [5.74, 6) is -1.39. The molecule has 9 heteroatoms. The molecular formula is C16H16BClN2O5. The summed E-state index contributed by atoms with van der Waals surface area (Å²) in [5.41, 5.74) is 2.04. The first-order valence-electron chi connectivity index (χ1n) is 7.74. The summed E-state index contributed by atoms with van der Waals surface area (Å²) < 4.78 is 16.1. The number of aliphatic hydroxyl groups is 1. The van der Waals surface area contributed by atoms with Gasteiger partial charge in [0.1, 0.15) is 12.2 Å². The number of nitrogens with zero attached hydrogens (tertiary/aromatic N) is 2. The Bertz CT molecular complexity index is 802. The minimum atomic E-state index is -1.69. The lowest BCUT2D eigenvalue weighted by Gasteiger charge is -2.25. The van der Waals surface area contributed by atoms with Crippen LogP contribution in [0.15, 0.2) is 24.3 Å². The fourth-order valence-electron chi connectivity index (χ4n) is 2.85. The molecule has 1 aromatic carbocycles. The predicted octanol–water partition coefficient (Wildman–Crippen LogP) is 1.34. The van der Waals surface area contributed by atoms with E-state index in [1.54, 1.807) is 31.2 Å². The van der Waals surface area contributed by atoms with Crippen LogP contribution in [0, 0.1) is 6.92 Å². The third-order valence-electron chi connectivity index (χ3n) is 3.77. The molecule has 1 atom stereocenters. The van der Waals surface area contributed by atoms with Gasteiger partial charge in [0, 0.05) is 11.6 Å². The highest BCUT2D eigenvalue weighted by molar-refractivity contribution is 6.49. The topological polar surface area (TPSA) is 90.8 Å². The van der Waals surface area contributed by atoms with Crippen molar-refractivity contribution in [2.75, 3.05) is 6.61 Å². The highest BCUT2D eigenvalue weighted by Crippen LogP contribution is 2.34. The molecule has 0 saturated carbocycles. The number of carbonyl (C=O) groups excluding carboxylic acids is 1. The van der Waals surface area contributed by atoms with Gasteiger partial charge in [0.05, 0.1) is 6.61 Å². The van der Waals surface area contributed by atoms with E-state index in [1.165, 1.54) is 0 Å². The lowest BCUT2D eigenvalue weighted by atomic mass is 9.83. The van der Waals surface area contributed by atoms with Crippen molar-refractivity contribution in [1.29, 1.82) is 0 Å². The molecule has 1 N–H and O–H groups in total. The molecular weight excluding hydrogens is 346 g/mol. The van der Waals surface area contributed by atoms with E-state index in [9.17, 15) is 9.90 Å². The fraction of sp³-hybridized carbons (Fsp3) is 0.312. The van der Waals surface area contributed by atoms with Crippen molar-refractivity contribution in [3.8, 4) is 11.6 Å². The van der Waals surface area contributed by atoms with Gasteiger partial charge in [-0.25, -0.2) is 0 Å². The summed E-state index contributed by atoms with van der Waals surface area (Å²) in [6, 6.07) is 6.65. The number of esters is 1. The number of ether oxygens (including phenoxy) is 2. The SMILES string of the molecule is CCOC(=O)CC1(O)OBc2cc(Oc3ccc(Cl)nn3)cc(C)c21. The van der Waals surface area contributed by atoms with Crippen LogP contribution in [0.3, 0.4) is 0 Å². The number of carbonyl (C=O) groups is 1. The fourth-order valence-corrected chi connectivity index (χ4v) is 2.95. The highest BCUT2D eigenvalue weighted by Gasteiger charge is 2.42. The average molecular weight is 363 g/mol. The highest BCUT2D eigenvalue weighted by atomic mass is 35.5. The van der Waals surface area contributed by atoms with Crippen LogP contribution < -0.4 is 10.2 Å². The van der Waals surface area contributed by atoms with Crippen LogP contribution in [0.5, 0.6) is 11.6 Å². The summed E-state index contributed by atoms with van der Waals surface area (Å²) in [5, 5.41) is 18.6. The Hall–Kier alpha value is -2.16. The van der Waals surface area contributed by atoms with Crippen molar-refractivity contribution in [2.45, 2.75) is 26.1 Å². The van der Waals surface area contributed by atoms with Gasteiger partial charge in [-0.05, 0) is 43.1 Å². The maximum Gasteiger partial charge on any atom is 0.313 e. The summed E-state index contributed by atoms with van der Waals surface area (Å²) in [6.07, 6.45) is -0.266. The normalized spacial score (nSPS) is 18.4. The Morgan fingerprint density at radius 3 is 2.88 bits per heavy atom. The number of fused-ring (bicyclic) bond motifs is 1. The maximum absolute atomic E-state index is 11.7. The third-order valence-corrected chi connectivity index (χ3v) is 3.97. The zero-order chi connectivity index (χ0) is 18.0. The molecule has 0 radical (unpaired) electrons. The molecule has 0 amide bonds. The molecule has 3 rings (SSSR count). The van der Waals surface area contributed by atoms with Crippen LogP contribution in [-0.4, -0.2) is 35.4 Å². The summed E-state index contributed by atoms with van der Waals surface area (Å²) in [7, 11) is 0.162. The van der Waals surface area contributed by atoms with E-state index in [2.05, 4.69) is 10.2 Å². The van der Waals surface area contributed by atoms with Gasteiger partial charge in [-0.1, -0.05) is 11.6 Å². The van der Waals surface area contributed by atoms with Gasteiger partial charge in [0.25, 0.3) is 0 Å². The molecule has 130 valence electrons. The van der Waals surface area contributed by atoms with Crippen molar-refractivity contribution < 1.29 is 24.0 Å². The Morgan fingerprint density at radius 2 is 2.20 bits per heavy atom. The Morgan fingerprint density at radius 1 is 1.40 bits per heavy atom. The number of rotatable bonds is 5. The van der Waals surface area contributed by atoms with Crippen molar-refractivity contribution in [2.24, 2.45) is 0 Å². The molecule has 0 spiro atoms. The Labute approximate surface area is 150 Å². The number of benzene rings is 1. The summed E-state index contributed by atoms with van der Waals surface area (Å²) in [6.45, 7) is 3.76. The van der Waals surface area contributed by atoms with E-state index in [-0.39, 0.29) is 25.7 Å². The van der Waals surface area contributed by atoms with Gasteiger partial charge in [-0.15, -0.1) is 10.2 Å². The predicted molar refractivity (Wildman–Crippen MR) is 91.3 cm³/mol. The summed E-state index contributed by atoms with van der Waals surface area (Å²) in [4.78, 5) is 11.7. The largest absolute Gasteiger partial charge is 0.466 e. The molecule has 2 aromatic rings. The summed E-state index contributed by atoms with van der Waals surface area (Å²) >= 11 is 5.70. The van der Waals surface area contributed by atoms with Crippen molar-refractivity contribution in [1.82, 2.24) is 10.2 Å². The van der Waals surface area contributed by atoms with Crippen molar-refractivity contribution in [3.05, 3.63) is 40.5 Å². The van der Waals surface area contributed by atoms with E-state index in [4.69, 9.17) is 25.7 Å². The minimum Gasteiger partial charge on any atom is -0.466 e. The van der Waals surface area contributed by atoms with Crippen LogP contribution in [0.4, 0.5) is 0 Å². The van der Waals surface area contributed by atoms with E-state index in [0.717, 1.165) is 11.0 Å². The molecule has 1 unspecified atom stereocenters. The zero-order valence-corrected chi connectivity index (χ0v) is 14.5. The van der Waals surface area contributed by atoms with Gasteiger partial charge in [-0.3, -0.25) is 4.79 Å². The molecule has 7 nitrogen and oxygen atoms in total.